The van der Waals surface area contributed by atoms with Crippen molar-refractivity contribution in [2.45, 2.75) is 0 Å². The van der Waals surface area contributed by atoms with Crippen molar-refractivity contribution < 1.29 is 9.53 Å². The summed E-state index contributed by atoms with van der Waals surface area (Å²) < 4.78 is 5.11. The second-order valence-corrected chi connectivity index (χ2v) is 5.47. The summed E-state index contributed by atoms with van der Waals surface area (Å²) >= 11 is 11.9. The zero-order valence-corrected chi connectivity index (χ0v) is 14.2. The lowest BCUT2D eigenvalue weighted by Crippen LogP contribution is -2.14. The lowest BCUT2D eigenvalue weighted by molar-refractivity contribution is -0.112. The monoisotopic (exact) mass is 361 g/mol. The maximum absolute atomic E-state index is 12.2. The fourth-order valence-corrected chi connectivity index (χ4v) is 2.14. The van der Waals surface area contributed by atoms with Gasteiger partial charge in [0.2, 0.25) is 0 Å². The lowest BCUT2D eigenvalue weighted by Gasteiger charge is -2.08. The van der Waals surface area contributed by atoms with E-state index in [1.54, 1.807) is 43.5 Å². The molecule has 7 heteroatoms. The van der Waals surface area contributed by atoms with Crippen LogP contribution in [0.25, 0.3) is 0 Å². The zero-order valence-electron chi connectivity index (χ0n) is 12.6. The van der Waals surface area contributed by atoms with E-state index in [1.165, 1.54) is 12.3 Å². The third-order valence-corrected chi connectivity index (χ3v) is 3.56. The van der Waals surface area contributed by atoms with E-state index in [0.29, 0.717) is 27.2 Å². The molecule has 2 rings (SSSR count). The predicted molar refractivity (Wildman–Crippen MR) is 95.4 cm³/mol. The molecule has 0 unspecified atom stereocenters. The number of hydrogen-bond donors (Lipinski definition) is 2. The van der Waals surface area contributed by atoms with Crippen LogP contribution in [0.1, 0.15) is 0 Å². The van der Waals surface area contributed by atoms with Gasteiger partial charge in [0.05, 0.1) is 17.8 Å². The second kappa shape index (κ2) is 8.25. The van der Waals surface area contributed by atoms with Crippen LogP contribution in [0, 0.1) is 11.3 Å². The molecule has 0 radical (unpaired) electrons. The first kappa shape index (κ1) is 17.7. The number of halogens is 2. The number of nitriles is 1. The molecule has 0 aromatic heterocycles. The van der Waals surface area contributed by atoms with Crippen molar-refractivity contribution in [3.8, 4) is 11.8 Å². The molecule has 0 heterocycles. The Morgan fingerprint density at radius 3 is 2.75 bits per heavy atom. The van der Waals surface area contributed by atoms with Gasteiger partial charge in [-0.15, -0.1) is 0 Å². The Kier molecular flexibility index (Phi) is 6.07. The van der Waals surface area contributed by atoms with E-state index in [0.717, 1.165) is 0 Å². The van der Waals surface area contributed by atoms with Crippen molar-refractivity contribution in [3.63, 3.8) is 0 Å². The largest absolute Gasteiger partial charge is 0.497 e. The first-order valence-corrected chi connectivity index (χ1v) is 7.56. The van der Waals surface area contributed by atoms with Crippen molar-refractivity contribution in [2.75, 3.05) is 17.7 Å². The molecule has 0 saturated carbocycles. The Balaban J connectivity index is 2.13. The summed E-state index contributed by atoms with van der Waals surface area (Å²) in [4.78, 5) is 12.2. The third kappa shape index (κ3) is 4.66. The smallest absolute Gasteiger partial charge is 0.267 e. The Labute approximate surface area is 149 Å². The molecule has 0 aliphatic carbocycles. The molecule has 0 aliphatic heterocycles. The number of nitrogens with one attached hydrogen (secondary N) is 2. The summed E-state index contributed by atoms with van der Waals surface area (Å²) in [6.07, 6.45) is 1.31. The van der Waals surface area contributed by atoms with Crippen molar-refractivity contribution in [1.29, 1.82) is 5.26 Å². The van der Waals surface area contributed by atoms with Gasteiger partial charge in [-0.3, -0.25) is 4.79 Å². The van der Waals surface area contributed by atoms with Crippen molar-refractivity contribution >= 4 is 40.5 Å². The fraction of sp³-hybridized carbons (Fsp3) is 0.0588. The number of carbonyl (C=O) groups is 1. The van der Waals surface area contributed by atoms with Crippen LogP contribution in [0.2, 0.25) is 10.0 Å². The summed E-state index contributed by atoms with van der Waals surface area (Å²) in [5, 5.41) is 15.4. The van der Waals surface area contributed by atoms with Gasteiger partial charge in [0.1, 0.15) is 17.4 Å². The molecule has 0 aliphatic rings. The minimum Gasteiger partial charge on any atom is -0.497 e. The highest BCUT2D eigenvalue weighted by Gasteiger charge is 2.11. The van der Waals surface area contributed by atoms with Crippen LogP contribution >= 0.6 is 23.2 Å². The van der Waals surface area contributed by atoms with E-state index in [9.17, 15) is 10.1 Å². The van der Waals surface area contributed by atoms with Gasteiger partial charge in [0.15, 0.2) is 0 Å². The van der Waals surface area contributed by atoms with Gasteiger partial charge in [0.25, 0.3) is 5.91 Å². The van der Waals surface area contributed by atoms with E-state index < -0.39 is 5.91 Å². The molecule has 0 spiro atoms. The molecule has 0 fully saturated rings. The Morgan fingerprint density at radius 2 is 2.04 bits per heavy atom. The molecule has 1 amide bonds. The standard InChI is InChI=1S/C17H13Cl2N3O2/c1-24-14-4-2-3-13(8-14)21-10-11(9-20)17(23)22-16-7-12(18)5-6-15(16)19/h2-8,10,21H,1H3,(H,22,23)/b11-10-. The first-order valence-electron chi connectivity index (χ1n) is 6.80. The van der Waals surface area contributed by atoms with E-state index in [1.807, 2.05) is 6.07 Å². The van der Waals surface area contributed by atoms with Crippen molar-refractivity contribution in [3.05, 3.63) is 64.3 Å². The molecular weight excluding hydrogens is 349 g/mol. The maximum atomic E-state index is 12.2. The SMILES string of the molecule is COc1cccc(N/C=C(/C#N)C(=O)Nc2cc(Cl)ccc2Cl)c1. The van der Waals surface area contributed by atoms with Crippen molar-refractivity contribution in [1.82, 2.24) is 0 Å². The molecule has 2 aromatic carbocycles. The van der Waals surface area contributed by atoms with Gasteiger partial charge in [-0.1, -0.05) is 29.3 Å². The van der Waals surface area contributed by atoms with E-state index >= 15 is 0 Å². The number of benzene rings is 2. The topological polar surface area (TPSA) is 74.1 Å². The molecule has 0 atom stereocenters. The van der Waals surface area contributed by atoms with E-state index in [2.05, 4.69) is 10.6 Å². The number of rotatable bonds is 5. The number of amides is 1. The predicted octanol–water partition coefficient (Wildman–Crippen LogP) is 4.46. The lowest BCUT2D eigenvalue weighted by atomic mass is 10.2. The van der Waals surface area contributed by atoms with Crippen LogP contribution in [-0.2, 0) is 4.79 Å². The quantitative estimate of drug-likeness (QED) is 0.608. The number of ether oxygens (including phenoxy) is 1. The summed E-state index contributed by atoms with van der Waals surface area (Å²) in [7, 11) is 1.55. The van der Waals surface area contributed by atoms with Gasteiger partial charge in [-0.2, -0.15) is 5.26 Å². The van der Waals surface area contributed by atoms with Crippen LogP contribution in [0.15, 0.2) is 54.2 Å². The molecule has 0 saturated heterocycles. The molecule has 0 bridgehead atoms. The third-order valence-electron chi connectivity index (χ3n) is 2.99. The number of nitrogens with zero attached hydrogens (tertiary/aromatic N) is 1. The Bertz CT molecular complexity index is 829. The highest BCUT2D eigenvalue weighted by Crippen LogP contribution is 2.25. The first-order chi connectivity index (χ1) is 11.5. The fourth-order valence-electron chi connectivity index (χ4n) is 1.80. The molecular formula is C17H13Cl2N3O2. The zero-order chi connectivity index (χ0) is 17.5. The summed E-state index contributed by atoms with van der Waals surface area (Å²) in [5.41, 5.74) is 0.890. The summed E-state index contributed by atoms with van der Waals surface area (Å²) in [6, 6.07) is 13.6. The highest BCUT2D eigenvalue weighted by atomic mass is 35.5. The van der Waals surface area contributed by atoms with Gasteiger partial charge >= 0.3 is 0 Å². The van der Waals surface area contributed by atoms with Crippen LogP contribution in [0.3, 0.4) is 0 Å². The molecule has 24 heavy (non-hydrogen) atoms. The number of carbonyl (C=O) groups excluding carboxylic acids is 1. The van der Waals surface area contributed by atoms with Gasteiger partial charge in [0, 0.05) is 23.0 Å². The summed E-state index contributed by atoms with van der Waals surface area (Å²) in [6.45, 7) is 0. The molecule has 122 valence electrons. The average molecular weight is 362 g/mol. The van der Waals surface area contributed by atoms with E-state index in [-0.39, 0.29) is 5.57 Å². The Morgan fingerprint density at radius 1 is 1.25 bits per heavy atom. The second-order valence-electron chi connectivity index (χ2n) is 4.62. The van der Waals surface area contributed by atoms with Gasteiger partial charge < -0.3 is 15.4 Å². The number of hydrogen-bond acceptors (Lipinski definition) is 4. The van der Waals surface area contributed by atoms with Crippen LogP contribution in [0.5, 0.6) is 5.75 Å². The number of methoxy groups -OCH3 is 1. The van der Waals surface area contributed by atoms with Crippen molar-refractivity contribution in [2.24, 2.45) is 0 Å². The minimum atomic E-state index is -0.600. The number of anilines is 2. The molecule has 2 aromatic rings. The maximum Gasteiger partial charge on any atom is 0.267 e. The minimum absolute atomic E-state index is 0.117. The van der Waals surface area contributed by atoms with Crippen LogP contribution in [0.4, 0.5) is 11.4 Å². The normalized spacial score (nSPS) is 10.7. The summed E-state index contributed by atoms with van der Waals surface area (Å²) in [5.74, 6) is 0.0548. The average Bonchev–Trinajstić information content (AvgIpc) is 2.59. The van der Waals surface area contributed by atoms with Crippen LogP contribution in [-0.4, -0.2) is 13.0 Å². The molecule has 5 nitrogen and oxygen atoms in total. The Hall–Kier alpha value is -2.68. The highest BCUT2D eigenvalue weighted by molar-refractivity contribution is 6.35. The van der Waals surface area contributed by atoms with E-state index in [4.69, 9.17) is 27.9 Å². The van der Waals surface area contributed by atoms with Crippen LogP contribution < -0.4 is 15.4 Å². The van der Waals surface area contributed by atoms with Gasteiger partial charge in [-0.25, -0.2) is 0 Å². The van der Waals surface area contributed by atoms with Gasteiger partial charge in [-0.05, 0) is 30.3 Å². The molecule has 2 N–H and O–H groups in total.